The van der Waals surface area contributed by atoms with Gasteiger partial charge in [-0.3, -0.25) is 4.79 Å². The Morgan fingerprint density at radius 3 is 2.64 bits per heavy atom. The Morgan fingerprint density at radius 1 is 1.41 bits per heavy atom. The van der Waals surface area contributed by atoms with Crippen molar-refractivity contribution in [2.75, 3.05) is 6.61 Å². The van der Waals surface area contributed by atoms with Crippen LogP contribution in [0.2, 0.25) is 0 Å². The Bertz CT molecular complexity index is 487. The summed E-state index contributed by atoms with van der Waals surface area (Å²) in [5.41, 5.74) is 0.146. The zero-order valence-corrected chi connectivity index (χ0v) is 13.9. The van der Waals surface area contributed by atoms with E-state index in [4.69, 9.17) is 0 Å². The molecule has 1 atom stereocenters. The second kappa shape index (κ2) is 7.22. The number of amides is 1. The molecule has 0 bridgehead atoms. The van der Waals surface area contributed by atoms with Gasteiger partial charge >= 0.3 is 0 Å². The Balaban J connectivity index is 2.02. The van der Waals surface area contributed by atoms with E-state index in [9.17, 15) is 9.90 Å². The first-order valence-electron chi connectivity index (χ1n) is 8.26. The quantitative estimate of drug-likeness (QED) is 0.873. The van der Waals surface area contributed by atoms with Crippen LogP contribution in [-0.4, -0.2) is 38.7 Å². The summed E-state index contributed by atoms with van der Waals surface area (Å²) < 4.78 is 1.70. The van der Waals surface area contributed by atoms with Crippen molar-refractivity contribution in [3.63, 3.8) is 0 Å². The molecule has 1 aromatic heterocycles. The third-order valence-corrected chi connectivity index (χ3v) is 4.39. The topological polar surface area (TPSA) is 80.0 Å². The molecule has 0 aromatic carbocycles. The van der Waals surface area contributed by atoms with Crippen molar-refractivity contribution in [2.45, 2.75) is 70.9 Å². The number of aliphatic hydroxyl groups is 1. The molecular formula is C16H28N4O2. The lowest BCUT2D eigenvalue weighted by molar-refractivity contribution is 0.0894. The number of nitrogens with zero attached hydrogens (tertiary/aromatic N) is 3. The van der Waals surface area contributed by atoms with Gasteiger partial charge in [-0.2, -0.15) is 0 Å². The van der Waals surface area contributed by atoms with Crippen molar-refractivity contribution < 1.29 is 9.90 Å². The molecule has 1 aliphatic rings. The summed E-state index contributed by atoms with van der Waals surface area (Å²) in [7, 11) is 0. The van der Waals surface area contributed by atoms with E-state index in [-0.39, 0.29) is 24.1 Å². The zero-order chi connectivity index (χ0) is 16.2. The predicted octanol–water partition coefficient (Wildman–Crippen LogP) is 2.09. The van der Waals surface area contributed by atoms with Crippen LogP contribution in [0, 0.1) is 5.92 Å². The zero-order valence-electron chi connectivity index (χ0n) is 13.9. The molecular weight excluding hydrogens is 280 g/mol. The summed E-state index contributed by atoms with van der Waals surface area (Å²) in [6.07, 6.45) is 8.23. The lowest BCUT2D eigenvalue weighted by Crippen LogP contribution is -2.42. The van der Waals surface area contributed by atoms with Crippen molar-refractivity contribution in [2.24, 2.45) is 5.92 Å². The van der Waals surface area contributed by atoms with Crippen molar-refractivity contribution in [1.82, 2.24) is 20.3 Å². The van der Waals surface area contributed by atoms with Gasteiger partial charge in [0.25, 0.3) is 5.91 Å². The van der Waals surface area contributed by atoms with Crippen molar-refractivity contribution in [3.8, 4) is 0 Å². The second-order valence-electron chi connectivity index (χ2n) is 7.21. The number of carbonyl (C=O) groups excluding carboxylic acids is 1. The normalized spacial score (nSPS) is 18.2. The predicted molar refractivity (Wildman–Crippen MR) is 84.6 cm³/mol. The fourth-order valence-electron chi connectivity index (χ4n) is 3.04. The molecule has 0 saturated heterocycles. The molecule has 1 aliphatic carbocycles. The van der Waals surface area contributed by atoms with Crippen LogP contribution in [0.4, 0.5) is 0 Å². The Hall–Kier alpha value is -1.43. The first-order chi connectivity index (χ1) is 10.4. The number of aromatic nitrogens is 3. The van der Waals surface area contributed by atoms with E-state index in [1.165, 1.54) is 19.3 Å². The van der Waals surface area contributed by atoms with Crippen LogP contribution in [0.25, 0.3) is 0 Å². The molecule has 22 heavy (non-hydrogen) atoms. The molecule has 1 fully saturated rings. The number of nitrogens with one attached hydrogen (secondary N) is 1. The van der Waals surface area contributed by atoms with Crippen LogP contribution < -0.4 is 5.32 Å². The third-order valence-electron chi connectivity index (χ3n) is 4.39. The van der Waals surface area contributed by atoms with Gasteiger partial charge in [-0.25, -0.2) is 4.68 Å². The minimum atomic E-state index is -0.195. The fraction of sp³-hybridized carbons (Fsp3) is 0.812. The molecule has 6 heteroatoms. The van der Waals surface area contributed by atoms with E-state index < -0.39 is 0 Å². The minimum Gasteiger partial charge on any atom is -0.396 e. The molecule has 0 radical (unpaired) electrons. The van der Waals surface area contributed by atoms with Crippen LogP contribution in [0.1, 0.15) is 69.8 Å². The van der Waals surface area contributed by atoms with Crippen molar-refractivity contribution >= 4 is 5.91 Å². The maximum absolute atomic E-state index is 12.4. The molecule has 2 N–H and O–H groups in total. The standard InChI is InChI=1S/C16H28N4O2/c1-16(2,3)20-11-14(18-19-20)15(22)17-13(9-10-21)12-7-5-4-6-8-12/h11-13,21H,4-10H2,1-3H3,(H,17,22). The highest BCUT2D eigenvalue weighted by molar-refractivity contribution is 5.92. The summed E-state index contributed by atoms with van der Waals surface area (Å²) in [4.78, 5) is 12.4. The van der Waals surface area contributed by atoms with E-state index in [1.54, 1.807) is 10.9 Å². The Labute approximate surface area is 132 Å². The minimum absolute atomic E-state index is 0.0255. The molecule has 0 spiro atoms. The van der Waals surface area contributed by atoms with Crippen LogP contribution in [0.5, 0.6) is 0 Å². The second-order valence-corrected chi connectivity index (χ2v) is 7.21. The Kier molecular flexibility index (Phi) is 5.56. The van der Waals surface area contributed by atoms with Gasteiger partial charge in [-0.05, 0) is 46.0 Å². The molecule has 124 valence electrons. The summed E-state index contributed by atoms with van der Waals surface area (Å²) in [5.74, 6) is 0.266. The van der Waals surface area contributed by atoms with Crippen LogP contribution >= 0.6 is 0 Å². The first kappa shape index (κ1) is 16.9. The van der Waals surface area contributed by atoms with Gasteiger partial charge in [0.2, 0.25) is 0 Å². The van der Waals surface area contributed by atoms with Crippen molar-refractivity contribution in [1.29, 1.82) is 0 Å². The highest BCUT2D eigenvalue weighted by atomic mass is 16.3. The number of rotatable bonds is 5. The highest BCUT2D eigenvalue weighted by Crippen LogP contribution is 2.27. The maximum atomic E-state index is 12.4. The molecule has 2 rings (SSSR count). The molecule has 1 amide bonds. The van der Waals surface area contributed by atoms with Gasteiger partial charge in [-0.1, -0.05) is 24.5 Å². The van der Waals surface area contributed by atoms with Crippen molar-refractivity contribution in [3.05, 3.63) is 11.9 Å². The number of aliphatic hydroxyl groups excluding tert-OH is 1. The lowest BCUT2D eigenvalue weighted by Gasteiger charge is -2.30. The van der Waals surface area contributed by atoms with Crippen LogP contribution in [-0.2, 0) is 5.54 Å². The Morgan fingerprint density at radius 2 is 2.09 bits per heavy atom. The average molecular weight is 308 g/mol. The van der Waals surface area contributed by atoms with Gasteiger partial charge in [0.15, 0.2) is 5.69 Å². The smallest absolute Gasteiger partial charge is 0.273 e. The van der Waals surface area contributed by atoms with E-state index in [2.05, 4.69) is 15.6 Å². The van der Waals surface area contributed by atoms with Crippen LogP contribution in [0.3, 0.4) is 0 Å². The van der Waals surface area contributed by atoms with Gasteiger partial charge in [0, 0.05) is 12.6 Å². The maximum Gasteiger partial charge on any atom is 0.273 e. The summed E-state index contributed by atoms with van der Waals surface area (Å²) in [5, 5.41) is 20.3. The summed E-state index contributed by atoms with van der Waals surface area (Å²) in [6, 6.07) is 0.0255. The molecule has 1 aromatic rings. The van der Waals surface area contributed by atoms with E-state index in [0.717, 1.165) is 12.8 Å². The summed E-state index contributed by atoms with van der Waals surface area (Å²) in [6.45, 7) is 6.13. The molecule has 1 heterocycles. The van der Waals surface area contributed by atoms with Gasteiger partial charge in [0.1, 0.15) is 0 Å². The SMILES string of the molecule is CC(C)(C)n1cc(C(=O)NC(CCO)C2CCCCC2)nn1. The van der Waals surface area contributed by atoms with Gasteiger partial charge < -0.3 is 10.4 Å². The molecule has 1 unspecified atom stereocenters. The van der Waals surface area contributed by atoms with E-state index >= 15 is 0 Å². The van der Waals surface area contributed by atoms with Crippen LogP contribution in [0.15, 0.2) is 6.20 Å². The molecule has 0 aliphatic heterocycles. The van der Waals surface area contributed by atoms with E-state index in [0.29, 0.717) is 18.0 Å². The monoisotopic (exact) mass is 308 g/mol. The third kappa shape index (κ3) is 4.29. The largest absolute Gasteiger partial charge is 0.396 e. The van der Waals surface area contributed by atoms with E-state index in [1.807, 2.05) is 20.8 Å². The number of hydrogen-bond acceptors (Lipinski definition) is 4. The number of hydrogen-bond donors (Lipinski definition) is 2. The number of carbonyl (C=O) groups is 1. The molecule has 1 saturated carbocycles. The average Bonchev–Trinajstić information content (AvgIpc) is 2.98. The highest BCUT2D eigenvalue weighted by Gasteiger charge is 2.26. The lowest BCUT2D eigenvalue weighted by atomic mass is 9.82. The van der Waals surface area contributed by atoms with Gasteiger partial charge in [0.05, 0.1) is 11.7 Å². The fourth-order valence-corrected chi connectivity index (χ4v) is 3.04. The first-order valence-corrected chi connectivity index (χ1v) is 8.26. The summed E-state index contributed by atoms with van der Waals surface area (Å²) >= 11 is 0. The van der Waals surface area contributed by atoms with Gasteiger partial charge in [-0.15, -0.1) is 5.10 Å². The molecule has 6 nitrogen and oxygen atoms in total.